The van der Waals surface area contributed by atoms with Crippen molar-refractivity contribution in [2.24, 2.45) is 5.92 Å². The second kappa shape index (κ2) is 10.7. The van der Waals surface area contributed by atoms with Gasteiger partial charge >= 0.3 is 12.1 Å². The monoisotopic (exact) mass is 445 g/mol. The Bertz CT molecular complexity index is 837. The average molecular weight is 446 g/mol. The molecule has 2 atom stereocenters. The molecule has 2 aromatic rings. The maximum Gasteiger partial charge on any atom is 0.490 e. The molecule has 1 fully saturated rings. The Kier molecular flexibility index (Phi) is 8.52. The maximum absolute atomic E-state index is 10.6. The number of rotatable bonds is 4. The van der Waals surface area contributed by atoms with Gasteiger partial charge in [0.15, 0.2) is 0 Å². The van der Waals surface area contributed by atoms with Crippen LogP contribution in [-0.2, 0) is 4.79 Å². The lowest BCUT2D eigenvalue weighted by atomic mass is 9.89. The molecule has 0 saturated carbocycles. The van der Waals surface area contributed by atoms with Crippen LogP contribution in [0.2, 0.25) is 5.02 Å². The molecular weight excluding hydrogens is 423 g/mol. The zero-order valence-electron chi connectivity index (χ0n) is 16.2. The van der Waals surface area contributed by atoms with Crippen molar-refractivity contribution in [2.75, 3.05) is 20.2 Å². The second-order valence-electron chi connectivity index (χ2n) is 6.83. The Labute approximate surface area is 177 Å². The van der Waals surface area contributed by atoms with Gasteiger partial charge in [0.05, 0.1) is 18.2 Å². The zero-order chi connectivity index (χ0) is 22.3. The molecule has 1 heterocycles. The SMILES string of the molecule is COc1cc(-c2ccc(C(O)C3CCCNC3)cc2)ccc1Cl.O=C(O)C(F)(F)F. The van der Waals surface area contributed by atoms with Gasteiger partial charge in [-0.05, 0) is 48.2 Å². The topological polar surface area (TPSA) is 78.8 Å². The minimum absolute atomic E-state index is 0.297. The van der Waals surface area contributed by atoms with E-state index in [2.05, 4.69) is 5.32 Å². The number of halogens is 4. The van der Waals surface area contributed by atoms with Crippen molar-refractivity contribution >= 4 is 17.6 Å². The second-order valence-corrected chi connectivity index (χ2v) is 7.23. The molecule has 0 bridgehead atoms. The van der Waals surface area contributed by atoms with E-state index in [9.17, 15) is 18.3 Å². The number of carboxylic acid groups (broad SMARTS) is 1. The van der Waals surface area contributed by atoms with E-state index in [1.54, 1.807) is 7.11 Å². The quantitative estimate of drug-likeness (QED) is 0.636. The van der Waals surface area contributed by atoms with E-state index in [1.165, 1.54) is 0 Å². The Morgan fingerprint density at radius 1 is 1.20 bits per heavy atom. The number of piperidine rings is 1. The van der Waals surface area contributed by atoms with Gasteiger partial charge in [-0.2, -0.15) is 13.2 Å². The first kappa shape index (κ1) is 24.0. The number of alkyl halides is 3. The summed E-state index contributed by atoms with van der Waals surface area (Å²) in [5.41, 5.74) is 3.10. The summed E-state index contributed by atoms with van der Waals surface area (Å²) in [6.07, 6.45) is -3.29. The summed E-state index contributed by atoms with van der Waals surface area (Å²) in [4.78, 5) is 8.90. The highest BCUT2D eigenvalue weighted by Crippen LogP contribution is 2.32. The van der Waals surface area contributed by atoms with E-state index < -0.39 is 18.2 Å². The first-order chi connectivity index (χ1) is 14.1. The lowest BCUT2D eigenvalue weighted by molar-refractivity contribution is -0.192. The van der Waals surface area contributed by atoms with Crippen molar-refractivity contribution in [1.82, 2.24) is 5.32 Å². The van der Waals surface area contributed by atoms with Gasteiger partial charge in [0.1, 0.15) is 5.75 Å². The van der Waals surface area contributed by atoms with Crippen LogP contribution in [0, 0.1) is 5.92 Å². The highest BCUT2D eigenvalue weighted by Gasteiger charge is 2.38. The van der Waals surface area contributed by atoms with Crippen LogP contribution in [0.3, 0.4) is 0 Å². The van der Waals surface area contributed by atoms with Crippen LogP contribution in [0.1, 0.15) is 24.5 Å². The van der Waals surface area contributed by atoms with Gasteiger partial charge in [0.2, 0.25) is 0 Å². The summed E-state index contributed by atoms with van der Waals surface area (Å²) < 4.78 is 37.0. The van der Waals surface area contributed by atoms with Gasteiger partial charge in [-0.1, -0.05) is 41.9 Å². The van der Waals surface area contributed by atoms with E-state index in [1.807, 2.05) is 42.5 Å². The number of aliphatic carboxylic acids is 1. The first-order valence-electron chi connectivity index (χ1n) is 9.26. The molecule has 0 amide bonds. The number of nitrogens with one attached hydrogen (secondary N) is 1. The fraction of sp³-hybridized carbons (Fsp3) is 0.381. The van der Waals surface area contributed by atoms with Gasteiger partial charge in [-0.25, -0.2) is 4.79 Å². The third-order valence-electron chi connectivity index (χ3n) is 4.76. The van der Waals surface area contributed by atoms with Crippen LogP contribution in [0.4, 0.5) is 13.2 Å². The van der Waals surface area contributed by atoms with Crippen LogP contribution in [0.25, 0.3) is 11.1 Å². The molecule has 0 radical (unpaired) electrons. The van der Waals surface area contributed by atoms with Crippen LogP contribution >= 0.6 is 11.6 Å². The number of aliphatic hydroxyl groups excluding tert-OH is 1. The number of methoxy groups -OCH3 is 1. The minimum Gasteiger partial charge on any atom is -0.495 e. The Morgan fingerprint density at radius 3 is 2.30 bits per heavy atom. The molecule has 2 unspecified atom stereocenters. The number of ether oxygens (including phenoxy) is 1. The number of aliphatic hydroxyl groups is 1. The van der Waals surface area contributed by atoms with Crippen molar-refractivity contribution in [1.29, 1.82) is 0 Å². The minimum atomic E-state index is -5.08. The Morgan fingerprint density at radius 2 is 1.80 bits per heavy atom. The average Bonchev–Trinajstić information content (AvgIpc) is 2.74. The van der Waals surface area contributed by atoms with E-state index in [4.69, 9.17) is 26.2 Å². The molecule has 1 aliphatic rings. The molecule has 3 N–H and O–H groups in total. The molecule has 164 valence electrons. The number of hydrogen-bond acceptors (Lipinski definition) is 4. The molecule has 0 aromatic heterocycles. The predicted molar refractivity (Wildman–Crippen MR) is 108 cm³/mol. The van der Waals surface area contributed by atoms with Gasteiger partial charge < -0.3 is 20.3 Å². The van der Waals surface area contributed by atoms with Crippen molar-refractivity contribution in [3.63, 3.8) is 0 Å². The van der Waals surface area contributed by atoms with Gasteiger partial charge in [-0.3, -0.25) is 0 Å². The van der Waals surface area contributed by atoms with Gasteiger partial charge in [0.25, 0.3) is 0 Å². The summed E-state index contributed by atoms with van der Waals surface area (Å²) in [5.74, 6) is -1.79. The summed E-state index contributed by atoms with van der Waals surface area (Å²) >= 11 is 6.07. The predicted octanol–water partition coefficient (Wildman–Crippen LogP) is 4.68. The number of benzene rings is 2. The molecule has 5 nitrogen and oxygen atoms in total. The normalized spacial score (nSPS) is 17.5. The van der Waals surface area contributed by atoms with Crippen molar-refractivity contribution < 1.29 is 32.9 Å². The fourth-order valence-electron chi connectivity index (χ4n) is 3.13. The van der Waals surface area contributed by atoms with Crippen LogP contribution < -0.4 is 10.1 Å². The fourth-order valence-corrected chi connectivity index (χ4v) is 3.33. The van der Waals surface area contributed by atoms with Crippen LogP contribution in [0.15, 0.2) is 42.5 Å². The van der Waals surface area contributed by atoms with Crippen molar-refractivity contribution in [3.05, 3.63) is 53.1 Å². The molecule has 0 spiro atoms. The van der Waals surface area contributed by atoms with Crippen LogP contribution in [0.5, 0.6) is 5.75 Å². The number of carboxylic acids is 1. The highest BCUT2D eigenvalue weighted by molar-refractivity contribution is 6.32. The number of hydrogen-bond donors (Lipinski definition) is 3. The summed E-state index contributed by atoms with van der Waals surface area (Å²) in [6.45, 7) is 1.94. The van der Waals surface area contributed by atoms with Gasteiger partial charge in [-0.15, -0.1) is 0 Å². The summed E-state index contributed by atoms with van der Waals surface area (Å²) in [6, 6.07) is 13.8. The molecule has 1 aliphatic heterocycles. The molecule has 9 heteroatoms. The van der Waals surface area contributed by atoms with E-state index in [0.717, 1.165) is 42.6 Å². The van der Waals surface area contributed by atoms with Crippen LogP contribution in [-0.4, -0.2) is 42.6 Å². The van der Waals surface area contributed by atoms with E-state index >= 15 is 0 Å². The molecule has 2 aromatic carbocycles. The van der Waals surface area contributed by atoms with Crippen molar-refractivity contribution in [3.8, 4) is 16.9 Å². The van der Waals surface area contributed by atoms with Crippen molar-refractivity contribution in [2.45, 2.75) is 25.1 Å². The standard InChI is InChI=1S/C19H22ClNO2.C2HF3O2/c1-23-18-11-15(8-9-17(18)20)13-4-6-14(7-5-13)19(22)16-3-2-10-21-12-16;3-2(4,5)1(6)7/h4-9,11,16,19,21-22H,2-3,10,12H2,1H3;(H,6,7). The summed E-state index contributed by atoms with van der Waals surface area (Å²) in [7, 11) is 1.61. The van der Waals surface area contributed by atoms with E-state index in [0.29, 0.717) is 16.7 Å². The molecule has 1 saturated heterocycles. The largest absolute Gasteiger partial charge is 0.495 e. The molecule has 0 aliphatic carbocycles. The summed E-state index contributed by atoms with van der Waals surface area (Å²) in [5, 5.41) is 21.6. The van der Waals surface area contributed by atoms with E-state index in [-0.39, 0.29) is 0 Å². The molecular formula is C21H23ClF3NO4. The third-order valence-corrected chi connectivity index (χ3v) is 5.07. The molecule has 3 rings (SSSR count). The smallest absolute Gasteiger partial charge is 0.490 e. The van der Waals surface area contributed by atoms with Gasteiger partial charge in [0, 0.05) is 12.5 Å². The Balaban J connectivity index is 0.000000396. The highest BCUT2D eigenvalue weighted by atomic mass is 35.5. The number of carbonyl (C=O) groups is 1. The maximum atomic E-state index is 10.6. The lowest BCUT2D eigenvalue weighted by Crippen LogP contribution is -2.33. The third kappa shape index (κ3) is 6.62. The zero-order valence-corrected chi connectivity index (χ0v) is 17.0. The first-order valence-corrected chi connectivity index (χ1v) is 9.64. The Hall–Kier alpha value is -2.29. The lowest BCUT2D eigenvalue weighted by Gasteiger charge is -2.27. The molecule has 30 heavy (non-hydrogen) atoms.